The summed E-state index contributed by atoms with van der Waals surface area (Å²) < 4.78 is 1.16. The Bertz CT molecular complexity index is 609. The van der Waals surface area contributed by atoms with Crippen LogP contribution in [0, 0.1) is 0 Å². The zero-order valence-electron chi connectivity index (χ0n) is 13.4. The number of nitrogens with one attached hydrogen (secondary N) is 1. The smallest absolute Gasteiger partial charge is 0.188 e. The van der Waals surface area contributed by atoms with Gasteiger partial charge in [0.2, 0.25) is 0 Å². The second kappa shape index (κ2) is 8.81. The van der Waals surface area contributed by atoms with Crippen LogP contribution in [0.15, 0.2) is 29.3 Å². The van der Waals surface area contributed by atoms with Gasteiger partial charge in [-0.2, -0.15) is 0 Å². The third-order valence-electron chi connectivity index (χ3n) is 3.85. The molecular formula is C16H25N5OS. The lowest BCUT2D eigenvalue weighted by Crippen LogP contribution is -2.34. The number of nitrogens with two attached hydrogens (primary N) is 2. The van der Waals surface area contributed by atoms with Crippen molar-refractivity contribution in [3.8, 4) is 0 Å². The Labute approximate surface area is 140 Å². The fourth-order valence-electron chi connectivity index (χ4n) is 2.54. The largest absolute Gasteiger partial charge is 0.396 e. The van der Waals surface area contributed by atoms with Crippen molar-refractivity contribution in [2.45, 2.75) is 31.2 Å². The van der Waals surface area contributed by atoms with Crippen LogP contribution in [0.2, 0.25) is 0 Å². The predicted octanol–water partition coefficient (Wildman–Crippen LogP) is 1.40. The molecule has 0 aliphatic rings. The van der Waals surface area contributed by atoms with Gasteiger partial charge in [-0.25, -0.2) is 4.98 Å². The van der Waals surface area contributed by atoms with Gasteiger partial charge >= 0.3 is 0 Å². The summed E-state index contributed by atoms with van der Waals surface area (Å²) in [5.41, 5.74) is 13.0. The molecule has 6 nitrogen and oxygen atoms in total. The Kier molecular flexibility index (Phi) is 6.76. The predicted molar refractivity (Wildman–Crippen MR) is 96.8 cm³/mol. The highest BCUT2D eigenvalue weighted by molar-refractivity contribution is 7.18. The maximum absolute atomic E-state index is 9.37. The van der Waals surface area contributed by atoms with E-state index in [9.17, 15) is 5.11 Å². The first-order chi connectivity index (χ1) is 11.2. The summed E-state index contributed by atoms with van der Waals surface area (Å²) in [6.45, 7) is 0.852. The normalized spacial score (nSPS) is 14.8. The van der Waals surface area contributed by atoms with E-state index in [4.69, 9.17) is 16.5 Å². The van der Waals surface area contributed by atoms with Crippen LogP contribution in [0.25, 0.3) is 10.2 Å². The average molecular weight is 335 g/mol. The van der Waals surface area contributed by atoms with E-state index in [0.29, 0.717) is 12.4 Å². The van der Waals surface area contributed by atoms with E-state index in [1.807, 2.05) is 18.2 Å². The van der Waals surface area contributed by atoms with Gasteiger partial charge in [0.15, 0.2) is 5.96 Å². The number of para-hydroxylation sites is 1. The van der Waals surface area contributed by atoms with Gasteiger partial charge in [-0.3, -0.25) is 4.99 Å². The first-order valence-electron chi connectivity index (χ1n) is 7.83. The second-order valence-electron chi connectivity index (χ2n) is 5.48. The fourth-order valence-corrected chi connectivity index (χ4v) is 3.72. The number of aromatic nitrogens is 1. The van der Waals surface area contributed by atoms with Gasteiger partial charge in [0, 0.05) is 32.2 Å². The minimum absolute atomic E-state index is 0.0377. The standard InChI is InChI=1S/C16H25N5OS/c1-19-16(18)20-9-4-5-12(17)11(8-10-22)15-21-13-6-2-3-7-14(13)23-15/h2-3,6-7,11-12,22H,4-5,8-10,17H2,1H3,(H3,18,19,20). The van der Waals surface area contributed by atoms with Crippen LogP contribution in [0.1, 0.15) is 30.2 Å². The lowest BCUT2D eigenvalue weighted by molar-refractivity contribution is 0.264. The first kappa shape index (κ1) is 17.7. The van der Waals surface area contributed by atoms with Crippen molar-refractivity contribution in [2.24, 2.45) is 16.5 Å². The minimum atomic E-state index is -0.0377. The van der Waals surface area contributed by atoms with E-state index < -0.39 is 0 Å². The monoisotopic (exact) mass is 335 g/mol. The minimum Gasteiger partial charge on any atom is -0.396 e. The van der Waals surface area contributed by atoms with Crippen molar-refractivity contribution >= 4 is 27.5 Å². The number of hydrogen-bond donors (Lipinski definition) is 4. The van der Waals surface area contributed by atoms with E-state index in [1.165, 1.54) is 0 Å². The molecule has 7 heteroatoms. The average Bonchev–Trinajstić information content (AvgIpc) is 2.99. The van der Waals surface area contributed by atoms with Crippen LogP contribution < -0.4 is 16.8 Å². The van der Waals surface area contributed by atoms with Crippen LogP contribution in [0.3, 0.4) is 0 Å². The zero-order chi connectivity index (χ0) is 16.7. The number of rotatable bonds is 8. The van der Waals surface area contributed by atoms with Crippen molar-refractivity contribution < 1.29 is 5.11 Å². The number of aliphatic hydroxyl groups is 1. The lowest BCUT2D eigenvalue weighted by atomic mass is 9.94. The van der Waals surface area contributed by atoms with Gasteiger partial charge in [0.25, 0.3) is 0 Å². The SMILES string of the molecule is CN=C(N)NCCCC(N)C(CCO)c1nc2ccccc2s1. The first-order valence-corrected chi connectivity index (χ1v) is 8.65. The Hall–Kier alpha value is -1.70. The van der Waals surface area contributed by atoms with Gasteiger partial charge in [-0.05, 0) is 31.4 Å². The van der Waals surface area contributed by atoms with Crippen LogP contribution in [0.4, 0.5) is 0 Å². The molecule has 0 aliphatic carbocycles. The molecule has 0 aliphatic heterocycles. The quantitative estimate of drug-likeness (QED) is 0.331. The van der Waals surface area contributed by atoms with Crippen LogP contribution >= 0.6 is 11.3 Å². The summed E-state index contributed by atoms with van der Waals surface area (Å²) in [6, 6.07) is 8.03. The topological polar surface area (TPSA) is 110 Å². The van der Waals surface area contributed by atoms with Crippen molar-refractivity contribution in [2.75, 3.05) is 20.2 Å². The van der Waals surface area contributed by atoms with Crippen LogP contribution in [-0.2, 0) is 0 Å². The van der Waals surface area contributed by atoms with Crippen molar-refractivity contribution in [1.82, 2.24) is 10.3 Å². The summed E-state index contributed by atoms with van der Waals surface area (Å²) in [7, 11) is 1.65. The summed E-state index contributed by atoms with van der Waals surface area (Å²) >= 11 is 1.66. The molecule has 126 valence electrons. The molecule has 0 amide bonds. The molecule has 0 saturated heterocycles. The maximum Gasteiger partial charge on any atom is 0.188 e. The molecule has 1 heterocycles. The van der Waals surface area contributed by atoms with Gasteiger partial charge < -0.3 is 21.9 Å². The van der Waals surface area contributed by atoms with E-state index >= 15 is 0 Å². The van der Waals surface area contributed by atoms with Gasteiger partial charge in [-0.15, -0.1) is 11.3 Å². The molecule has 1 aromatic heterocycles. The summed E-state index contributed by atoms with van der Waals surface area (Å²) in [5.74, 6) is 0.520. The highest BCUT2D eigenvalue weighted by atomic mass is 32.1. The highest BCUT2D eigenvalue weighted by Crippen LogP contribution is 2.31. The Balaban J connectivity index is 1.99. The fraction of sp³-hybridized carbons (Fsp3) is 0.500. The number of aliphatic imine (C=N–C) groups is 1. The summed E-state index contributed by atoms with van der Waals surface area (Å²) in [5, 5.41) is 13.4. The Morgan fingerprint density at radius 1 is 1.39 bits per heavy atom. The lowest BCUT2D eigenvalue weighted by Gasteiger charge is -2.21. The van der Waals surface area contributed by atoms with Gasteiger partial charge in [0.05, 0.1) is 15.2 Å². The van der Waals surface area contributed by atoms with E-state index in [1.54, 1.807) is 18.4 Å². The molecule has 6 N–H and O–H groups in total. The number of hydrogen-bond acceptors (Lipinski definition) is 5. The molecule has 2 aromatic rings. The molecule has 1 aromatic carbocycles. The third-order valence-corrected chi connectivity index (χ3v) is 5.01. The zero-order valence-corrected chi connectivity index (χ0v) is 14.2. The van der Waals surface area contributed by atoms with E-state index in [0.717, 1.165) is 34.6 Å². The molecule has 23 heavy (non-hydrogen) atoms. The summed E-state index contributed by atoms with van der Waals surface area (Å²) in [6.07, 6.45) is 2.36. The van der Waals surface area contributed by atoms with Crippen molar-refractivity contribution in [3.63, 3.8) is 0 Å². The summed E-state index contributed by atoms with van der Waals surface area (Å²) in [4.78, 5) is 8.55. The molecule has 0 saturated carbocycles. The number of benzene rings is 1. The van der Waals surface area contributed by atoms with E-state index in [-0.39, 0.29) is 18.6 Å². The number of guanidine groups is 1. The number of fused-ring (bicyclic) bond motifs is 1. The van der Waals surface area contributed by atoms with Gasteiger partial charge in [0.1, 0.15) is 0 Å². The molecule has 0 fully saturated rings. The Morgan fingerprint density at radius 3 is 2.87 bits per heavy atom. The molecule has 2 atom stereocenters. The molecule has 0 spiro atoms. The van der Waals surface area contributed by atoms with Crippen molar-refractivity contribution in [3.05, 3.63) is 29.3 Å². The molecule has 2 unspecified atom stereocenters. The highest BCUT2D eigenvalue weighted by Gasteiger charge is 2.22. The van der Waals surface area contributed by atoms with Crippen molar-refractivity contribution in [1.29, 1.82) is 0 Å². The van der Waals surface area contributed by atoms with Crippen LogP contribution in [0.5, 0.6) is 0 Å². The van der Waals surface area contributed by atoms with Gasteiger partial charge in [-0.1, -0.05) is 12.1 Å². The maximum atomic E-state index is 9.37. The third kappa shape index (κ3) is 4.89. The van der Waals surface area contributed by atoms with E-state index in [2.05, 4.69) is 16.4 Å². The molecular weight excluding hydrogens is 310 g/mol. The van der Waals surface area contributed by atoms with Crippen LogP contribution in [-0.4, -0.2) is 42.3 Å². The second-order valence-corrected chi connectivity index (χ2v) is 6.54. The molecule has 0 bridgehead atoms. The number of aliphatic hydroxyl groups excluding tert-OH is 1. The number of nitrogens with zero attached hydrogens (tertiary/aromatic N) is 2. The number of thiazole rings is 1. The molecule has 2 rings (SSSR count). The molecule has 0 radical (unpaired) electrons. The Morgan fingerprint density at radius 2 is 2.17 bits per heavy atom.